The average molecular weight is 435 g/mol. The number of aryl methyl sites for hydroxylation is 3. The van der Waals surface area contributed by atoms with Gasteiger partial charge in [0.05, 0.1) is 5.69 Å². The van der Waals surface area contributed by atoms with Gasteiger partial charge in [0.25, 0.3) is 0 Å². The second-order valence-electron chi connectivity index (χ2n) is 7.12. The number of carbonyl (C=O) groups is 1. The monoisotopic (exact) mass is 434 g/mol. The summed E-state index contributed by atoms with van der Waals surface area (Å²) in [4.78, 5) is 16.3. The lowest BCUT2D eigenvalue weighted by Gasteiger charge is -2.12. The Morgan fingerprint density at radius 1 is 1.06 bits per heavy atom. The Bertz CT molecular complexity index is 1200. The average Bonchev–Trinajstić information content (AvgIpc) is 3.37. The van der Waals surface area contributed by atoms with Crippen LogP contribution in [0, 0.1) is 20.8 Å². The van der Waals surface area contributed by atoms with Crippen LogP contribution in [-0.4, -0.2) is 36.6 Å². The van der Waals surface area contributed by atoms with Gasteiger partial charge in [-0.3, -0.25) is 14.3 Å². The normalized spacial score (nSPS) is 10.9. The molecule has 0 atom stereocenters. The molecule has 8 nitrogen and oxygen atoms in total. The highest BCUT2D eigenvalue weighted by molar-refractivity contribution is 7.99. The molecule has 0 aliphatic heterocycles. The lowest BCUT2D eigenvalue weighted by atomic mass is 10.1. The molecule has 158 valence electrons. The number of benzene rings is 1. The molecule has 0 aliphatic carbocycles. The number of nitrogens with zero attached hydrogens (tertiary/aromatic N) is 5. The van der Waals surface area contributed by atoms with Gasteiger partial charge in [-0.1, -0.05) is 23.0 Å². The quantitative estimate of drug-likeness (QED) is 0.431. The predicted octanol–water partition coefficient (Wildman–Crippen LogP) is 4.36. The number of hydrogen-bond donors (Lipinski definition) is 1. The zero-order valence-electron chi connectivity index (χ0n) is 17.5. The maximum Gasteiger partial charge on any atom is 0.226 e. The molecule has 0 aliphatic rings. The van der Waals surface area contributed by atoms with Crippen LogP contribution >= 0.6 is 11.8 Å². The number of amides is 1. The summed E-state index contributed by atoms with van der Waals surface area (Å²) in [6.45, 7) is 5.94. The van der Waals surface area contributed by atoms with Crippen LogP contribution in [-0.2, 0) is 4.79 Å². The first-order chi connectivity index (χ1) is 15.0. The molecule has 4 rings (SSSR count). The van der Waals surface area contributed by atoms with Gasteiger partial charge < -0.3 is 9.84 Å². The minimum atomic E-state index is -0.132. The molecule has 0 unspecified atom stereocenters. The van der Waals surface area contributed by atoms with Crippen LogP contribution < -0.4 is 5.32 Å². The molecule has 0 fully saturated rings. The first kappa shape index (κ1) is 20.8. The topological polar surface area (TPSA) is 98.7 Å². The molecule has 0 spiro atoms. The summed E-state index contributed by atoms with van der Waals surface area (Å²) in [6, 6.07) is 11.8. The van der Waals surface area contributed by atoms with Gasteiger partial charge >= 0.3 is 0 Å². The summed E-state index contributed by atoms with van der Waals surface area (Å²) in [5.41, 5.74) is 4.30. The van der Waals surface area contributed by atoms with E-state index in [1.807, 2.05) is 16.7 Å². The van der Waals surface area contributed by atoms with Crippen molar-refractivity contribution in [1.29, 1.82) is 0 Å². The molecule has 9 heteroatoms. The molecule has 3 heterocycles. The van der Waals surface area contributed by atoms with Gasteiger partial charge in [0.1, 0.15) is 5.76 Å². The lowest BCUT2D eigenvalue weighted by molar-refractivity contribution is -0.115. The largest absolute Gasteiger partial charge is 0.360 e. The van der Waals surface area contributed by atoms with E-state index < -0.39 is 0 Å². The predicted molar refractivity (Wildman–Crippen MR) is 119 cm³/mol. The third-order valence-electron chi connectivity index (χ3n) is 4.78. The van der Waals surface area contributed by atoms with Crippen LogP contribution in [0.2, 0.25) is 0 Å². The van der Waals surface area contributed by atoms with Crippen molar-refractivity contribution in [2.75, 3.05) is 11.1 Å². The number of aromatic nitrogens is 5. The van der Waals surface area contributed by atoms with Gasteiger partial charge in [0.15, 0.2) is 16.8 Å². The Kier molecular flexibility index (Phi) is 6.13. The molecule has 4 aromatic rings. The Labute approximate surface area is 184 Å². The Morgan fingerprint density at radius 3 is 2.58 bits per heavy atom. The molecule has 0 radical (unpaired) electrons. The Balaban J connectivity index is 1.55. The standard InChI is InChI=1S/C22H22N6O2S/c1-14-4-5-18(12-15(14)2)28-21(17-6-9-23-10-7-17)25-26-22(28)31-11-8-20(29)24-19-13-16(3)30-27-19/h4-7,9-10,12-13H,8,11H2,1-3H3,(H,24,27,29). The second kappa shape index (κ2) is 9.13. The summed E-state index contributed by atoms with van der Waals surface area (Å²) in [5, 5.41) is 16.1. The van der Waals surface area contributed by atoms with Crippen molar-refractivity contribution in [3.63, 3.8) is 0 Å². The van der Waals surface area contributed by atoms with Gasteiger partial charge in [-0.2, -0.15) is 0 Å². The first-order valence-electron chi connectivity index (χ1n) is 9.80. The summed E-state index contributed by atoms with van der Waals surface area (Å²) >= 11 is 1.48. The van der Waals surface area contributed by atoms with Crippen LogP contribution in [0.5, 0.6) is 0 Å². The molecule has 1 N–H and O–H groups in total. The SMILES string of the molecule is Cc1cc(NC(=O)CCSc2nnc(-c3ccncc3)n2-c2ccc(C)c(C)c2)no1. The minimum absolute atomic E-state index is 0.132. The number of nitrogens with one attached hydrogen (secondary N) is 1. The second-order valence-corrected chi connectivity index (χ2v) is 8.18. The van der Waals surface area contributed by atoms with Crippen molar-refractivity contribution in [3.8, 4) is 17.1 Å². The molecule has 0 saturated heterocycles. The highest BCUT2D eigenvalue weighted by atomic mass is 32.2. The van der Waals surface area contributed by atoms with Gasteiger partial charge in [0.2, 0.25) is 5.91 Å². The molecule has 1 amide bonds. The molecular formula is C22H22N6O2S. The number of rotatable bonds is 7. The number of thioether (sulfide) groups is 1. The molecule has 31 heavy (non-hydrogen) atoms. The van der Waals surface area contributed by atoms with Gasteiger partial charge in [-0.05, 0) is 56.2 Å². The maximum atomic E-state index is 12.2. The van der Waals surface area contributed by atoms with Crippen molar-refractivity contribution in [2.24, 2.45) is 0 Å². The molecular weight excluding hydrogens is 412 g/mol. The number of anilines is 1. The number of pyridine rings is 1. The fraction of sp³-hybridized carbons (Fsp3) is 0.227. The fourth-order valence-electron chi connectivity index (χ4n) is 3.01. The van der Waals surface area contributed by atoms with E-state index in [1.54, 1.807) is 25.4 Å². The van der Waals surface area contributed by atoms with Crippen LogP contribution in [0.3, 0.4) is 0 Å². The van der Waals surface area contributed by atoms with Crippen molar-refractivity contribution in [2.45, 2.75) is 32.3 Å². The van der Waals surface area contributed by atoms with E-state index in [0.29, 0.717) is 23.8 Å². The van der Waals surface area contributed by atoms with Gasteiger partial charge in [-0.25, -0.2) is 0 Å². The van der Waals surface area contributed by atoms with Crippen molar-refractivity contribution in [1.82, 2.24) is 24.9 Å². The van der Waals surface area contributed by atoms with E-state index in [-0.39, 0.29) is 5.91 Å². The highest BCUT2D eigenvalue weighted by Gasteiger charge is 2.17. The summed E-state index contributed by atoms with van der Waals surface area (Å²) in [6.07, 6.45) is 3.77. The van der Waals surface area contributed by atoms with Gasteiger partial charge in [0, 0.05) is 36.2 Å². The smallest absolute Gasteiger partial charge is 0.226 e. The summed E-state index contributed by atoms with van der Waals surface area (Å²) in [5.74, 6) is 2.21. The van der Waals surface area contributed by atoms with Crippen LogP contribution in [0.15, 0.2) is 58.5 Å². The van der Waals surface area contributed by atoms with E-state index in [0.717, 1.165) is 22.2 Å². The first-order valence-corrected chi connectivity index (χ1v) is 10.8. The Morgan fingerprint density at radius 2 is 1.87 bits per heavy atom. The van der Waals surface area contributed by atoms with E-state index in [9.17, 15) is 4.79 Å². The lowest BCUT2D eigenvalue weighted by Crippen LogP contribution is -2.12. The third-order valence-corrected chi connectivity index (χ3v) is 5.71. The van der Waals surface area contributed by atoms with E-state index in [4.69, 9.17) is 4.52 Å². The fourth-order valence-corrected chi connectivity index (χ4v) is 3.90. The zero-order valence-corrected chi connectivity index (χ0v) is 18.3. The van der Waals surface area contributed by atoms with Crippen LogP contribution in [0.25, 0.3) is 17.1 Å². The molecule has 1 aromatic carbocycles. The molecule has 0 saturated carbocycles. The maximum absolute atomic E-state index is 12.2. The van der Waals surface area contributed by atoms with Crippen LogP contribution in [0.1, 0.15) is 23.3 Å². The molecule has 0 bridgehead atoms. The summed E-state index contributed by atoms with van der Waals surface area (Å²) < 4.78 is 6.99. The Hall–Kier alpha value is -3.46. The van der Waals surface area contributed by atoms with E-state index in [1.165, 1.54) is 22.9 Å². The highest BCUT2D eigenvalue weighted by Crippen LogP contribution is 2.29. The molecule has 3 aromatic heterocycles. The number of carbonyl (C=O) groups excluding carboxylic acids is 1. The number of hydrogen-bond acceptors (Lipinski definition) is 7. The third kappa shape index (κ3) is 4.83. The summed E-state index contributed by atoms with van der Waals surface area (Å²) in [7, 11) is 0. The van der Waals surface area contributed by atoms with E-state index in [2.05, 4.69) is 57.7 Å². The van der Waals surface area contributed by atoms with Gasteiger partial charge in [-0.15, -0.1) is 10.2 Å². The van der Waals surface area contributed by atoms with Crippen LogP contribution in [0.4, 0.5) is 5.82 Å². The van der Waals surface area contributed by atoms with Crippen molar-refractivity contribution >= 4 is 23.5 Å². The minimum Gasteiger partial charge on any atom is -0.360 e. The zero-order chi connectivity index (χ0) is 21.8. The van der Waals surface area contributed by atoms with Crippen molar-refractivity contribution < 1.29 is 9.32 Å². The van der Waals surface area contributed by atoms with E-state index >= 15 is 0 Å². The van der Waals surface area contributed by atoms with Crippen molar-refractivity contribution in [3.05, 3.63) is 65.7 Å².